The number of amidine groups is 1. The van der Waals surface area contributed by atoms with E-state index < -0.39 is 17.6 Å². The lowest BCUT2D eigenvalue weighted by molar-refractivity contribution is -0.137. The number of hydrogen-bond donors (Lipinski definition) is 3. The van der Waals surface area contributed by atoms with Gasteiger partial charge in [-0.3, -0.25) is 5.41 Å². The molecule has 0 atom stereocenters. The Morgan fingerprint density at radius 1 is 1.35 bits per heavy atom. The number of alkyl halides is 3. The zero-order valence-corrected chi connectivity index (χ0v) is 9.52. The first kappa shape index (κ1) is 13.3. The molecule has 0 aliphatic carbocycles. The quantitative estimate of drug-likeness (QED) is 0.566. The summed E-state index contributed by atoms with van der Waals surface area (Å²) >= 11 is 0. The zero-order chi connectivity index (χ0) is 13.2. The van der Waals surface area contributed by atoms with Gasteiger partial charge in [0.25, 0.3) is 0 Å². The normalized spacial score (nSPS) is 11.6. The van der Waals surface area contributed by atoms with Crippen molar-refractivity contribution in [2.45, 2.75) is 26.1 Å². The van der Waals surface area contributed by atoms with Gasteiger partial charge >= 0.3 is 6.18 Å². The van der Waals surface area contributed by atoms with Crippen molar-refractivity contribution in [3.8, 4) is 0 Å². The Hall–Kier alpha value is -1.72. The van der Waals surface area contributed by atoms with E-state index in [-0.39, 0.29) is 11.6 Å². The van der Waals surface area contributed by atoms with E-state index in [1.807, 2.05) is 13.8 Å². The highest BCUT2D eigenvalue weighted by Gasteiger charge is 2.34. The van der Waals surface area contributed by atoms with Crippen LogP contribution in [0, 0.1) is 5.41 Å². The van der Waals surface area contributed by atoms with Gasteiger partial charge in [-0.25, -0.2) is 0 Å². The smallest absolute Gasteiger partial charge is 0.384 e. The molecule has 6 heteroatoms. The zero-order valence-electron chi connectivity index (χ0n) is 9.52. The monoisotopic (exact) mass is 245 g/mol. The fourth-order valence-corrected chi connectivity index (χ4v) is 1.44. The van der Waals surface area contributed by atoms with Crippen LogP contribution in [-0.4, -0.2) is 11.9 Å². The summed E-state index contributed by atoms with van der Waals surface area (Å²) in [6, 6.07) is 3.68. The molecule has 0 aromatic heterocycles. The fourth-order valence-electron chi connectivity index (χ4n) is 1.44. The summed E-state index contributed by atoms with van der Waals surface area (Å²) in [4.78, 5) is 0. The van der Waals surface area contributed by atoms with Gasteiger partial charge in [0, 0.05) is 17.3 Å². The SMILES string of the molecule is CC(C)Nc1ccc(C(=N)N)c(C(F)(F)F)c1. The number of nitrogens with one attached hydrogen (secondary N) is 2. The molecule has 0 spiro atoms. The summed E-state index contributed by atoms with van der Waals surface area (Å²) in [5.74, 6) is -0.589. The van der Waals surface area contributed by atoms with Gasteiger partial charge in [0.2, 0.25) is 0 Å². The minimum absolute atomic E-state index is 0.0271. The maximum absolute atomic E-state index is 12.7. The number of nitrogens with two attached hydrogens (primary N) is 1. The molecule has 0 aliphatic heterocycles. The molecule has 1 aromatic rings. The maximum Gasteiger partial charge on any atom is 0.417 e. The van der Waals surface area contributed by atoms with E-state index in [1.54, 1.807) is 0 Å². The predicted molar refractivity (Wildman–Crippen MR) is 61.2 cm³/mol. The largest absolute Gasteiger partial charge is 0.417 e. The number of anilines is 1. The van der Waals surface area contributed by atoms with Crippen molar-refractivity contribution in [2.24, 2.45) is 5.73 Å². The van der Waals surface area contributed by atoms with Gasteiger partial charge in [-0.15, -0.1) is 0 Å². The minimum Gasteiger partial charge on any atom is -0.384 e. The van der Waals surface area contributed by atoms with Crippen LogP contribution in [0.15, 0.2) is 18.2 Å². The lowest BCUT2D eigenvalue weighted by Crippen LogP contribution is -2.19. The standard InChI is InChI=1S/C11H14F3N3/c1-6(2)17-7-3-4-8(10(15)16)9(5-7)11(12,13)14/h3-6,17H,1-2H3,(H3,15,16). The van der Waals surface area contributed by atoms with Crippen LogP contribution in [0.1, 0.15) is 25.0 Å². The first-order valence-electron chi connectivity index (χ1n) is 5.04. The molecule has 0 fully saturated rings. The third-order valence-corrected chi connectivity index (χ3v) is 2.07. The van der Waals surface area contributed by atoms with Gasteiger partial charge < -0.3 is 11.1 Å². The van der Waals surface area contributed by atoms with Crippen molar-refractivity contribution in [1.29, 1.82) is 5.41 Å². The van der Waals surface area contributed by atoms with Crippen LogP contribution in [0.5, 0.6) is 0 Å². The van der Waals surface area contributed by atoms with Crippen molar-refractivity contribution in [3.05, 3.63) is 29.3 Å². The molecule has 3 nitrogen and oxygen atoms in total. The van der Waals surface area contributed by atoms with Crippen LogP contribution in [0.4, 0.5) is 18.9 Å². The molecule has 1 rings (SSSR count). The first-order valence-corrected chi connectivity index (χ1v) is 5.04. The molecule has 0 aliphatic rings. The molecule has 4 N–H and O–H groups in total. The van der Waals surface area contributed by atoms with Crippen LogP contribution < -0.4 is 11.1 Å². The second-order valence-corrected chi connectivity index (χ2v) is 3.97. The predicted octanol–water partition coefficient (Wildman–Crippen LogP) is 2.81. The van der Waals surface area contributed by atoms with Gasteiger partial charge in [-0.2, -0.15) is 13.2 Å². The first-order chi connectivity index (χ1) is 7.71. The van der Waals surface area contributed by atoms with E-state index in [9.17, 15) is 13.2 Å². The second-order valence-electron chi connectivity index (χ2n) is 3.97. The molecule has 94 valence electrons. The Kier molecular flexibility index (Phi) is 3.65. The Balaban J connectivity index is 3.25. The van der Waals surface area contributed by atoms with Crippen LogP contribution in [0.25, 0.3) is 0 Å². The summed E-state index contributed by atoms with van der Waals surface area (Å²) in [7, 11) is 0. The Morgan fingerprint density at radius 2 is 1.94 bits per heavy atom. The van der Waals surface area contributed by atoms with Crippen LogP contribution in [0.3, 0.4) is 0 Å². The third-order valence-electron chi connectivity index (χ3n) is 2.07. The molecule has 0 saturated heterocycles. The molecular formula is C11H14F3N3. The average Bonchev–Trinajstić information content (AvgIpc) is 2.14. The highest BCUT2D eigenvalue weighted by Crippen LogP contribution is 2.33. The number of nitrogen functional groups attached to an aromatic ring is 1. The molecule has 17 heavy (non-hydrogen) atoms. The fraction of sp³-hybridized carbons (Fsp3) is 0.364. The van der Waals surface area contributed by atoms with Crippen molar-refractivity contribution in [2.75, 3.05) is 5.32 Å². The van der Waals surface area contributed by atoms with E-state index in [4.69, 9.17) is 11.1 Å². The van der Waals surface area contributed by atoms with Crippen molar-refractivity contribution < 1.29 is 13.2 Å². The lowest BCUT2D eigenvalue weighted by atomic mass is 10.0. The highest BCUT2D eigenvalue weighted by atomic mass is 19.4. The van der Waals surface area contributed by atoms with Crippen LogP contribution in [0.2, 0.25) is 0 Å². The minimum atomic E-state index is -4.52. The summed E-state index contributed by atoms with van der Waals surface area (Å²) in [6.07, 6.45) is -4.52. The number of rotatable bonds is 3. The Morgan fingerprint density at radius 3 is 2.35 bits per heavy atom. The molecule has 0 unspecified atom stereocenters. The lowest BCUT2D eigenvalue weighted by Gasteiger charge is -2.16. The topological polar surface area (TPSA) is 61.9 Å². The molecular weight excluding hydrogens is 231 g/mol. The van der Waals surface area contributed by atoms with E-state index in [1.165, 1.54) is 12.1 Å². The van der Waals surface area contributed by atoms with Crippen molar-refractivity contribution in [3.63, 3.8) is 0 Å². The van der Waals surface area contributed by atoms with E-state index in [0.29, 0.717) is 5.69 Å². The summed E-state index contributed by atoms with van der Waals surface area (Å²) < 4.78 is 38.2. The highest BCUT2D eigenvalue weighted by molar-refractivity contribution is 5.97. The van der Waals surface area contributed by atoms with Crippen LogP contribution >= 0.6 is 0 Å². The van der Waals surface area contributed by atoms with Gasteiger partial charge in [-0.05, 0) is 32.0 Å². The Bertz CT molecular complexity index is 424. The molecule has 0 amide bonds. The third kappa shape index (κ3) is 3.37. The molecule has 0 radical (unpaired) electrons. The number of halogens is 3. The van der Waals surface area contributed by atoms with Gasteiger partial charge in [-0.1, -0.05) is 0 Å². The van der Waals surface area contributed by atoms with Crippen molar-refractivity contribution in [1.82, 2.24) is 0 Å². The van der Waals surface area contributed by atoms with Gasteiger partial charge in [0.1, 0.15) is 5.84 Å². The number of benzene rings is 1. The molecule has 0 heterocycles. The second kappa shape index (κ2) is 4.65. The number of hydrogen-bond acceptors (Lipinski definition) is 2. The maximum atomic E-state index is 12.7. The summed E-state index contributed by atoms with van der Waals surface area (Å²) in [6.45, 7) is 3.65. The van der Waals surface area contributed by atoms with E-state index >= 15 is 0 Å². The van der Waals surface area contributed by atoms with Crippen molar-refractivity contribution >= 4 is 11.5 Å². The summed E-state index contributed by atoms with van der Waals surface area (Å²) in [5, 5.41) is 10.00. The molecule has 0 bridgehead atoms. The van der Waals surface area contributed by atoms with Crippen LogP contribution in [-0.2, 0) is 6.18 Å². The Labute approximate surface area is 97.3 Å². The summed E-state index contributed by atoms with van der Waals surface area (Å²) in [5.41, 5.74) is 4.29. The van der Waals surface area contributed by atoms with E-state index in [2.05, 4.69) is 5.32 Å². The van der Waals surface area contributed by atoms with Gasteiger partial charge in [0.15, 0.2) is 0 Å². The molecule has 1 aromatic carbocycles. The average molecular weight is 245 g/mol. The van der Waals surface area contributed by atoms with E-state index in [0.717, 1.165) is 6.07 Å². The molecule has 0 saturated carbocycles. The van der Waals surface area contributed by atoms with Gasteiger partial charge in [0.05, 0.1) is 5.56 Å².